The molecule has 106 valence electrons. The summed E-state index contributed by atoms with van der Waals surface area (Å²) in [5.41, 5.74) is 6.45. The first-order valence-corrected chi connectivity index (χ1v) is 6.34. The number of halogens is 1. The molecule has 3 N–H and O–H groups in total. The Bertz CT molecular complexity index is 437. The summed E-state index contributed by atoms with van der Waals surface area (Å²) < 4.78 is 18.2. The van der Waals surface area contributed by atoms with E-state index in [4.69, 9.17) is 10.5 Å². The highest BCUT2D eigenvalue weighted by Gasteiger charge is 2.18. The van der Waals surface area contributed by atoms with E-state index >= 15 is 0 Å². The van der Waals surface area contributed by atoms with E-state index in [1.165, 1.54) is 19.2 Å². The van der Waals surface area contributed by atoms with Gasteiger partial charge in [0.2, 0.25) is 5.91 Å². The molecule has 5 heteroatoms. The van der Waals surface area contributed by atoms with E-state index in [9.17, 15) is 9.18 Å². The molecule has 1 aromatic carbocycles. The van der Waals surface area contributed by atoms with E-state index in [0.717, 1.165) is 6.42 Å². The molecule has 0 fully saturated rings. The Morgan fingerprint density at radius 2 is 2.16 bits per heavy atom. The van der Waals surface area contributed by atoms with Crippen molar-refractivity contribution in [1.29, 1.82) is 0 Å². The molecule has 2 atom stereocenters. The van der Waals surface area contributed by atoms with Gasteiger partial charge in [-0.3, -0.25) is 4.79 Å². The first-order valence-electron chi connectivity index (χ1n) is 6.34. The topological polar surface area (TPSA) is 64.4 Å². The van der Waals surface area contributed by atoms with Crippen LogP contribution in [0.2, 0.25) is 0 Å². The molecule has 0 heterocycles. The number of carbonyl (C=O) groups is 1. The van der Waals surface area contributed by atoms with Gasteiger partial charge < -0.3 is 15.8 Å². The van der Waals surface area contributed by atoms with Gasteiger partial charge in [-0.15, -0.1) is 0 Å². The van der Waals surface area contributed by atoms with Crippen molar-refractivity contribution in [3.63, 3.8) is 0 Å². The molecular weight excluding hydrogens is 247 g/mol. The number of carbonyl (C=O) groups excluding carboxylic acids is 1. The third kappa shape index (κ3) is 4.52. The minimum Gasteiger partial charge on any atom is -0.497 e. The number of nitrogens with one attached hydrogen (secondary N) is 1. The number of hydrogen-bond acceptors (Lipinski definition) is 3. The lowest BCUT2D eigenvalue weighted by atomic mass is 9.99. The standard InChI is InChI=1S/C14H21FN2O2/c1-4-9(2)13(16)14(18)17-8-10-5-11(15)7-12(6-10)19-3/h5-7,9,13H,4,8,16H2,1-3H3,(H,17,18). The molecule has 0 aliphatic rings. The van der Waals surface area contributed by atoms with Gasteiger partial charge in [0, 0.05) is 12.6 Å². The Morgan fingerprint density at radius 3 is 2.74 bits per heavy atom. The average molecular weight is 268 g/mol. The fourth-order valence-electron chi connectivity index (χ4n) is 1.66. The summed E-state index contributed by atoms with van der Waals surface area (Å²) >= 11 is 0. The molecule has 4 nitrogen and oxygen atoms in total. The Kier molecular flexibility index (Phi) is 5.76. The number of nitrogens with two attached hydrogens (primary N) is 1. The number of methoxy groups -OCH3 is 1. The van der Waals surface area contributed by atoms with Crippen LogP contribution in [0, 0.1) is 11.7 Å². The summed E-state index contributed by atoms with van der Waals surface area (Å²) in [6.07, 6.45) is 0.836. The number of hydrogen-bond donors (Lipinski definition) is 2. The fraction of sp³-hybridized carbons (Fsp3) is 0.500. The van der Waals surface area contributed by atoms with Gasteiger partial charge in [0.05, 0.1) is 13.2 Å². The first kappa shape index (κ1) is 15.4. The average Bonchev–Trinajstić information content (AvgIpc) is 2.42. The molecule has 0 spiro atoms. The van der Waals surface area contributed by atoms with Crippen LogP contribution in [-0.4, -0.2) is 19.1 Å². The summed E-state index contributed by atoms with van der Waals surface area (Å²) in [5.74, 6) is -0.0788. The van der Waals surface area contributed by atoms with Gasteiger partial charge in [-0.2, -0.15) is 0 Å². The van der Waals surface area contributed by atoms with E-state index in [1.54, 1.807) is 6.07 Å². The second kappa shape index (κ2) is 7.09. The van der Waals surface area contributed by atoms with E-state index in [0.29, 0.717) is 11.3 Å². The lowest BCUT2D eigenvalue weighted by molar-refractivity contribution is -0.123. The number of ether oxygens (including phenoxy) is 1. The maximum Gasteiger partial charge on any atom is 0.237 e. The maximum atomic E-state index is 13.3. The zero-order chi connectivity index (χ0) is 14.4. The predicted molar refractivity (Wildman–Crippen MR) is 72.2 cm³/mol. The maximum absolute atomic E-state index is 13.3. The smallest absolute Gasteiger partial charge is 0.237 e. The minimum absolute atomic E-state index is 0.113. The van der Waals surface area contributed by atoms with E-state index in [1.807, 2.05) is 13.8 Å². The van der Waals surface area contributed by atoms with E-state index in [2.05, 4.69) is 5.32 Å². The number of rotatable bonds is 6. The molecule has 19 heavy (non-hydrogen) atoms. The summed E-state index contributed by atoms with van der Waals surface area (Å²) in [6, 6.07) is 3.78. The van der Waals surface area contributed by atoms with Crippen LogP contribution < -0.4 is 15.8 Å². The van der Waals surface area contributed by atoms with Crippen LogP contribution >= 0.6 is 0 Å². The van der Waals surface area contributed by atoms with Crippen LogP contribution in [0.25, 0.3) is 0 Å². The van der Waals surface area contributed by atoms with Crippen LogP contribution in [0.1, 0.15) is 25.8 Å². The Balaban J connectivity index is 2.61. The van der Waals surface area contributed by atoms with Crippen molar-refractivity contribution in [2.75, 3.05) is 7.11 Å². The van der Waals surface area contributed by atoms with Crippen molar-refractivity contribution < 1.29 is 13.9 Å². The molecule has 0 aromatic heterocycles. The summed E-state index contributed by atoms with van der Waals surface area (Å²) in [5, 5.41) is 2.71. The van der Waals surface area contributed by atoms with Gasteiger partial charge >= 0.3 is 0 Å². The molecule has 1 amide bonds. The largest absolute Gasteiger partial charge is 0.497 e. The van der Waals surface area contributed by atoms with E-state index in [-0.39, 0.29) is 18.4 Å². The fourth-order valence-corrected chi connectivity index (χ4v) is 1.66. The van der Waals surface area contributed by atoms with Gasteiger partial charge in [-0.1, -0.05) is 20.3 Å². The van der Waals surface area contributed by atoms with Crippen molar-refractivity contribution in [3.8, 4) is 5.75 Å². The van der Waals surface area contributed by atoms with Gasteiger partial charge in [0.15, 0.2) is 0 Å². The quantitative estimate of drug-likeness (QED) is 0.827. The summed E-state index contributed by atoms with van der Waals surface area (Å²) in [6.45, 7) is 4.14. The molecule has 1 aromatic rings. The Hall–Kier alpha value is -1.62. The Morgan fingerprint density at radius 1 is 1.47 bits per heavy atom. The second-order valence-corrected chi connectivity index (χ2v) is 4.63. The van der Waals surface area contributed by atoms with Crippen molar-refractivity contribution in [2.45, 2.75) is 32.9 Å². The molecule has 0 aliphatic carbocycles. The zero-order valence-corrected chi connectivity index (χ0v) is 11.6. The predicted octanol–water partition coefficient (Wildman–Crippen LogP) is 1.82. The molecule has 0 radical (unpaired) electrons. The van der Waals surface area contributed by atoms with Crippen LogP contribution in [0.5, 0.6) is 5.75 Å². The molecule has 1 rings (SSSR count). The Labute approximate surface area is 113 Å². The lowest BCUT2D eigenvalue weighted by Crippen LogP contribution is -2.44. The normalized spacial score (nSPS) is 13.7. The molecule has 0 saturated heterocycles. The summed E-state index contributed by atoms with van der Waals surface area (Å²) in [7, 11) is 1.47. The van der Waals surface area contributed by atoms with Crippen LogP contribution in [0.4, 0.5) is 4.39 Å². The molecule has 0 bridgehead atoms. The third-order valence-corrected chi connectivity index (χ3v) is 3.19. The first-order chi connectivity index (χ1) is 8.97. The van der Waals surface area contributed by atoms with Gasteiger partial charge in [-0.25, -0.2) is 4.39 Å². The number of amides is 1. The van der Waals surface area contributed by atoms with Crippen LogP contribution in [0.3, 0.4) is 0 Å². The van der Waals surface area contributed by atoms with Crippen LogP contribution in [0.15, 0.2) is 18.2 Å². The lowest BCUT2D eigenvalue weighted by Gasteiger charge is -2.17. The minimum atomic E-state index is -0.541. The number of benzene rings is 1. The van der Waals surface area contributed by atoms with Crippen molar-refractivity contribution in [3.05, 3.63) is 29.6 Å². The molecular formula is C14H21FN2O2. The van der Waals surface area contributed by atoms with Gasteiger partial charge in [0.1, 0.15) is 11.6 Å². The van der Waals surface area contributed by atoms with Crippen LogP contribution in [-0.2, 0) is 11.3 Å². The third-order valence-electron chi connectivity index (χ3n) is 3.19. The SMILES string of the molecule is CCC(C)C(N)C(=O)NCc1cc(F)cc(OC)c1. The van der Waals surface area contributed by atoms with Gasteiger partial charge in [0.25, 0.3) is 0 Å². The highest BCUT2D eigenvalue weighted by atomic mass is 19.1. The van der Waals surface area contributed by atoms with Crippen molar-refractivity contribution in [2.24, 2.45) is 11.7 Å². The second-order valence-electron chi connectivity index (χ2n) is 4.63. The monoisotopic (exact) mass is 268 g/mol. The highest BCUT2D eigenvalue weighted by molar-refractivity contribution is 5.81. The highest BCUT2D eigenvalue weighted by Crippen LogP contribution is 2.16. The zero-order valence-electron chi connectivity index (χ0n) is 11.6. The molecule has 0 aliphatic heterocycles. The van der Waals surface area contributed by atoms with Crippen molar-refractivity contribution in [1.82, 2.24) is 5.32 Å². The molecule has 0 saturated carbocycles. The summed E-state index contributed by atoms with van der Waals surface area (Å²) in [4.78, 5) is 11.8. The van der Waals surface area contributed by atoms with E-state index < -0.39 is 11.9 Å². The van der Waals surface area contributed by atoms with Crippen molar-refractivity contribution >= 4 is 5.91 Å². The van der Waals surface area contributed by atoms with Gasteiger partial charge in [-0.05, 0) is 23.6 Å². The molecule has 2 unspecified atom stereocenters.